The Bertz CT molecular complexity index is 1230. The van der Waals surface area contributed by atoms with Gasteiger partial charge in [0.05, 0.1) is 31.7 Å². The number of aromatic nitrogens is 5. The standard InChI is InChI=1S/C23H23FN8O2/c1-15-7-19(24)18(9-20(15)25-2)21-12-30-5-6-31(11-17(30)13-34-21)23(33)8-16-3-4-22(26-10-16)32-14-27-28-29-32/h3-4,7,9-10,14,17,21H,5-6,8,11-13H2,1H3/t17-,21-/m0/s1. The van der Waals surface area contributed by atoms with Crippen molar-refractivity contribution in [3.05, 3.63) is 70.7 Å². The molecule has 0 unspecified atom stereocenters. The average molecular weight is 462 g/mol. The molecule has 0 spiro atoms. The van der Waals surface area contributed by atoms with Crippen molar-refractivity contribution in [1.82, 2.24) is 35.0 Å². The van der Waals surface area contributed by atoms with E-state index in [9.17, 15) is 9.18 Å². The van der Waals surface area contributed by atoms with E-state index in [0.29, 0.717) is 55.4 Å². The molecular formula is C23H23FN8O2. The summed E-state index contributed by atoms with van der Waals surface area (Å²) in [6.45, 7) is 11.8. The Hall–Kier alpha value is -3.75. The predicted octanol–water partition coefficient (Wildman–Crippen LogP) is 1.88. The number of carbonyl (C=O) groups excluding carboxylic acids is 1. The van der Waals surface area contributed by atoms with Crippen molar-refractivity contribution in [2.75, 3.05) is 32.8 Å². The van der Waals surface area contributed by atoms with Gasteiger partial charge in [0, 0.05) is 37.9 Å². The van der Waals surface area contributed by atoms with Gasteiger partial charge in [0.25, 0.3) is 0 Å². The minimum Gasteiger partial charge on any atom is -0.370 e. The van der Waals surface area contributed by atoms with Crippen LogP contribution in [-0.2, 0) is 16.0 Å². The molecular weight excluding hydrogens is 439 g/mol. The van der Waals surface area contributed by atoms with Crippen molar-refractivity contribution in [1.29, 1.82) is 0 Å². The van der Waals surface area contributed by atoms with Crippen LogP contribution in [-0.4, -0.2) is 79.7 Å². The molecule has 1 aromatic carbocycles. The fourth-order valence-corrected chi connectivity index (χ4v) is 4.45. The number of rotatable bonds is 4. The van der Waals surface area contributed by atoms with E-state index >= 15 is 0 Å². The average Bonchev–Trinajstić information content (AvgIpc) is 3.39. The third-order valence-electron chi connectivity index (χ3n) is 6.38. The Morgan fingerprint density at radius 3 is 2.91 bits per heavy atom. The number of morpholine rings is 1. The van der Waals surface area contributed by atoms with Gasteiger partial charge < -0.3 is 9.64 Å². The van der Waals surface area contributed by atoms with Gasteiger partial charge in [-0.25, -0.2) is 14.2 Å². The molecule has 4 heterocycles. The van der Waals surface area contributed by atoms with Crippen LogP contribution in [0.2, 0.25) is 0 Å². The summed E-state index contributed by atoms with van der Waals surface area (Å²) in [7, 11) is 0. The number of fused-ring (bicyclic) bond motifs is 1. The Balaban J connectivity index is 1.19. The molecule has 2 atom stereocenters. The van der Waals surface area contributed by atoms with Gasteiger partial charge in [-0.3, -0.25) is 9.69 Å². The molecule has 2 aliphatic rings. The van der Waals surface area contributed by atoms with E-state index in [-0.39, 0.29) is 24.2 Å². The minimum absolute atomic E-state index is 0.0324. The normalized spacial score (nSPS) is 20.6. The number of ether oxygens (including phenoxy) is 1. The molecule has 11 heteroatoms. The number of benzene rings is 1. The van der Waals surface area contributed by atoms with Crippen molar-refractivity contribution in [3.63, 3.8) is 0 Å². The van der Waals surface area contributed by atoms with Crippen LogP contribution in [0.5, 0.6) is 0 Å². The smallest absolute Gasteiger partial charge is 0.227 e. The van der Waals surface area contributed by atoms with Crippen LogP contribution in [0.1, 0.15) is 22.8 Å². The first-order valence-corrected chi connectivity index (χ1v) is 11.0. The molecule has 3 aromatic rings. The zero-order valence-electron chi connectivity index (χ0n) is 18.6. The molecule has 5 rings (SSSR count). The molecule has 0 aliphatic carbocycles. The predicted molar refractivity (Wildman–Crippen MR) is 119 cm³/mol. The van der Waals surface area contributed by atoms with Crippen LogP contribution >= 0.6 is 0 Å². The van der Waals surface area contributed by atoms with Crippen molar-refractivity contribution in [2.45, 2.75) is 25.5 Å². The van der Waals surface area contributed by atoms with E-state index in [1.807, 2.05) is 11.0 Å². The highest BCUT2D eigenvalue weighted by molar-refractivity contribution is 5.79. The number of tetrazole rings is 1. The number of pyridine rings is 1. The number of halogens is 1. The Morgan fingerprint density at radius 1 is 1.29 bits per heavy atom. The summed E-state index contributed by atoms with van der Waals surface area (Å²) in [6, 6.07) is 6.68. The Kier molecular flexibility index (Phi) is 6.00. The largest absolute Gasteiger partial charge is 0.370 e. The van der Waals surface area contributed by atoms with Crippen LogP contribution in [0.3, 0.4) is 0 Å². The molecule has 2 aromatic heterocycles. The van der Waals surface area contributed by atoms with E-state index in [2.05, 4.69) is 30.3 Å². The Labute approximate surface area is 195 Å². The van der Waals surface area contributed by atoms with Crippen molar-refractivity contribution >= 4 is 11.6 Å². The third kappa shape index (κ3) is 4.37. The number of carbonyl (C=O) groups is 1. The van der Waals surface area contributed by atoms with E-state index in [1.165, 1.54) is 17.1 Å². The first kappa shape index (κ1) is 22.1. The fourth-order valence-electron chi connectivity index (χ4n) is 4.45. The van der Waals surface area contributed by atoms with Crippen molar-refractivity contribution < 1.29 is 13.9 Å². The summed E-state index contributed by atoms with van der Waals surface area (Å²) in [6.07, 6.45) is 2.95. The molecule has 1 amide bonds. The van der Waals surface area contributed by atoms with Gasteiger partial charge in [-0.1, -0.05) is 6.07 Å². The maximum atomic E-state index is 14.6. The maximum Gasteiger partial charge on any atom is 0.227 e. The number of piperazine rings is 1. The first-order chi connectivity index (χ1) is 16.5. The highest BCUT2D eigenvalue weighted by atomic mass is 19.1. The molecule has 34 heavy (non-hydrogen) atoms. The van der Waals surface area contributed by atoms with Gasteiger partial charge in [-0.2, -0.15) is 4.68 Å². The molecule has 0 saturated carbocycles. The second-order valence-electron chi connectivity index (χ2n) is 8.54. The summed E-state index contributed by atoms with van der Waals surface area (Å²) in [5, 5.41) is 11.0. The van der Waals surface area contributed by atoms with E-state index in [4.69, 9.17) is 11.3 Å². The monoisotopic (exact) mass is 462 g/mol. The van der Waals surface area contributed by atoms with Crippen molar-refractivity contribution in [3.8, 4) is 5.82 Å². The van der Waals surface area contributed by atoms with Crippen LogP contribution in [0, 0.1) is 19.3 Å². The number of amides is 1. The zero-order valence-corrected chi connectivity index (χ0v) is 18.6. The molecule has 2 fully saturated rings. The fraction of sp³-hybridized carbons (Fsp3) is 0.391. The lowest BCUT2D eigenvalue weighted by Gasteiger charge is -2.46. The van der Waals surface area contributed by atoms with Gasteiger partial charge >= 0.3 is 0 Å². The topological polar surface area (TPSA) is 93.6 Å². The van der Waals surface area contributed by atoms with Gasteiger partial charge in [-0.15, -0.1) is 5.10 Å². The lowest BCUT2D eigenvalue weighted by molar-refractivity contribution is -0.139. The summed E-state index contributed by atoms with van der Waals surface area (Å²) in [5.41, 5.74) is 2.30. The first-order valence-electron chi connectivity index (χ1n) is 11.0. The molecule has 2 aliphatic heterocycles. The molecule has 0 N–H and O–H groups in total. The number of aryl methyl sites for hydroxylation is 1. The number of hydrogen-bond donors (Lipinski definition) is 0. The highest BCUT2D eigenvalue weighted by Crippen LogP contribution is 2.32. The zero-order chi connectivity index (χ0) is 23.7. The maximum absolute atomic E-state index is 14.6. The second kappa shape index (κ2) is 9.24. The van der Waals surface area contributed by atoms with Crippen LogP contribution in [0.4, 0.5) is 10.1 Å². The number of hydrogen-bond acceptors (Lipinski definition) is 7. The second-order valence-corrected chi connectivity index (χ2v) is 8.54. The van der Waals surface area contributed by atoms with Gasteiger partial charge in [0.15, 0.2) is 11.5 Å². The quantitative estimate of drug-likeness (QED) is 0.547. The highest BCUT2D eigenvalue weighted by Gasteiger charge is 2.36. The molecule has 2 saturated heterocycles. The Morgan fingerprint density at radius 2 is 2.18 bits per heavy atom. The summed E-state index contributed by atoms with van der Waals surface area (Å²) >= 11 is 0. The van der Waals surface area contributed by atoms with Gasteiger partial charge in [-0.05, 0) is 46.7 Å². The lowest BCUT2D eigenvalue weighted by atomic mass is 10.0. The van der Waals surface area contributed by atoms with Crippen molar-refractivity contribution in [2.24, 2.45) is 0 Å². The van der Waals surface area contributed by atoms with E-state index in [1.54, 1.807) is 25.3 Å². The number of nitrogens with zero attached hydrogens (tertiary/aromatic N) is 8. The SMILES string of the molecule is [C-]#[N+]c1cc([C@@H]2CN3CCN(C(=O)Cc4ccc(-n5cnnn5)nc4)C[C@H]3CO2)c(F)cc1C. The van der Waals surface area contributed by atoms with Crippen LogP contribution in [0.15, 0.2) is 36.8 Å². The summed E-state index contributed by atoms with van der Waals surface area (Å²) in [4.78, 5) is 24.8. The molecule has 174 valence electrons. The minimum atomic E-state index is -0.427. The van der Waals surface area contributed by atoms with E-state index < -0.39 is 6.10 Å². The van der Waals surface area contributed by atoms with Gasteiger partial charge in [0.2, 0.25) is 5.91 Å². The third-order valence-corrected chi connectivity index (χ3v) is 6.38. The molecule has 0 radical (unpaired) electrons. The van der Waals surface area contributed by atoms with Gasteiger partial charge in [0.1, 0.15) is 12.1 Å². The molecule has 0 bridgehead atoms. The summed E-state index contributed by atoms with van der Waals surface area (Å²) in [5.74, 6) is 0.268. The molecule has 10 nitrogen and oxygen atoms in total. The van der Waals surface area contributed by atoms with Crippen LogP contribution < -0.4 is 0 Å². The summed E-state index contributed by atoms with van der Waals surface area (Å²) < 4.78 is 22.0. The lowest BCUT2D eigenvalue weighted by Crippen LogP contribution is -2.59. The van der Waals surface area contributed by atoms with Crippen LogP contribution in [0.25, 0.3) is 10.7 Å². The van der Waals surface area contributed by atoms with E-state index in [0.717, 1.165) is 5.56 Å².